The molecule has 0 fully saturated rings. The van der Waals surface area contributed by atoms with Crippen molar-refractivity contribution in [3.05, 3.63) is 35.7 Å². The standard InChI is InChI=1S/C14H14F3N3O2/c1-20-12(7-10(19-20)4-6-13(21)22-2)11-5-3-9(8-18-11)14(15,16)17/h3,5,7-8H,4,6H2,1-2H3. The normalized spacial score (nSPS) is 11.5. The summed E-state index contributed by atoms with van der Waals surface area (Å²) in [4.78, 5) is 14.9. The van der Waals surface area contributed by atoms with Crippen molar-refractivity contribution in [2.75, 3.05) is 7.11 Å². The highest BCUT2D eigenvalue weighted by Gasteiger charge is 2.30. The van der Waals surface area contributed by atoms with E-state index >= 15 is 0 Å². The smallest absolute Gasteiger partial charge is 0.417 e. The van der Waals surface area contributed by atoms with Gasteiger partial charge in [0.2, 0.25) is 0 Å². The van der Waals surface area contributed by atoms with Crippen LogP contribution in [-0.4, -0.2) is 27.8 Å². The molecule has 0 saturated heterocycles. The van der Waals surface area contributed by atoms with Crippen LogP contribution in [0, 0.1) is 0 Å². The van der Waals surface area contributed by atoms with Crippen LogP contribution in [0.2, 0.25) is 0 Å². The lowest BCUT2D eigenvalue weighted by Gasteiger charge is -2.06. The lowest BCUT2D eigenvalue weighted by Crippen LogP contribution is -2.05. The molecule has 2 aromatic rings. The topological polar surface area (TPSA) is 57.0 Å². The molecule has 22 heavy (non-hydrogen) atoms. The average Bonchev–Trinajstić information content (AvgIpc) is 2.85. The summed E-state index contributed by atoms with van der Waals surface area (Å²) in [6.45, 7) is 0. The molecule has 0 saturated carbocycles. The van der Waals surface area contributed by atoms with Gasteiger partial charge in [0, 0.05) is 19.7 Å². The minimum Gasteiger partial charge on any atom is -0.469 e. The van der Waals surface area contributed by atoms with E-state index in [1.54, 1.807) is 13.1 Å². The first kappa shape index (κ1) is 16.0. The van der Waals surface area contributed by atoms with Crippen LogP contribution in [-0.2, 0) is 29.2 Å². The summed E-state index contributed by atoms with van der Waals surface area (Å²) in [5, 5.41) is 4.21. The van der Waals surface area contributed by atoms with E-state index < -0.39 is 11.7 Å². The monoisotopic (exact) mass is 313 g/mol. The molecule has 0 unspecified atom stereocenters. The zero-order valence-electron chi connectivity index (χ0n) is 12.0. The number of alkyl halides is 3. The first-order chi connectivity index (χ1) is 10.3. The fourth-order valence-electron chi connectivity index (χ4n) is 1.93. The van der Waals surface area contributed by atoms with Crippen LogP contribution < -0.4 is 0 Å². The van der Waals surface area contributed by atoms with Gasteiger partial charge in [-0.3, -0.25) is 14.5 Å². The Morgan fingerprint density at radius 2 is 2.09 bits per heavy atom. The van der Waals surface area contributed by atoms with E-state index in [-0.39, 0.29) is 12.4 Å². The maximum atomic E-state index is 12.5. The van der Waals surface area contributed by atoms with Gasteiger partial charge in [0.1, 0.15) is 0 Å². The number of halogens is 3. The Bertz CT molecular complexity index is 663. The van der Waals surface area contributed by atoms with Gasteiger partial charge in [0.15, 0.2) is 0 Å². The molecule has 2 rings (SSSR count). The first-order valence-corrected chi connectivity index (χ1v) is 6.44. The molecule has 0 aliphatic rings. The molecular weight excluding hydrogens is 299 g/mol. The van der Waals surface area contributed by atoms with Crippen molar-refractivity contribution in [3.63, 3.8) is 0 Å². The maximum Gasteiger partial charge on any atom is 0.417 e. The van der Waals surface area contributed by atoms with E-state index in [4.69, 9.17) is 0 Å². The molecule has 0 spiro atoms. The highest BCUT2D eigenvalue weighted by atomic mass is 19.4. The van der Waals surface area contributed by atoms with Gasteiger partial charge < -0.3 is 4.74 Å². The summed E-state index contributed by atoms with van der Waals surface area (Å²) in [6, 6.07) is 3.96. The molecule has 0 atom stereocenters. The zero-order chi connectivity index (χ0) is 16.3. The van der Waals surface area contributed by atoms with Crippen molar-refractivity contribution in [3.8, 4) is 11.4 Å². The quantitative estimate of drug-likeness (QED) is 0.814. The molecular formula is C14H14F3N3O2. The molecule has 0 N–H and O–H groups in total. The Hall–Kier alpha value is -2.38. The number of pyridine rings is 1. The summed E-state index contributed by atoms with van der Waals surface area (Å²) in [6.07, 6.45) is -3.05. The highest BCUT2D eigenvalue weighted by Crippen LogP contribution is 2.29. The molecule has 0 aliphatic heterocycles. The number of hydrogen-bond donors (Lipinski definition) is 0. The first-order valence-electron chi connectivity index (χ1n) is 6.44. The third-order valence-electron chi connectivity index (χ3n) is 3.10. The number of carbonyl (C=O) groups is 1. The van der Waals surface area contributed by atoms with E-state index in [0.29, 0.717) is 23.5 Å². The summed E-state index contributed by atoms with van der Waals surface area (Å²) in [5.74, 6) is -0.347. The Morgan fingerprint density at radius 3 is 2.64 bits per heavy atom. The van der Waals surface area contributed by atoms with Gasteiger partial charge >= 0.3 is 12.1 Å². The van der Waals surface area contributed by atoms with Gasteiger partial charge in [0.05, 0.1) is 36.2 Å². The highest BCUT2D eigenvalue weighted by molar-refractivity contribution is 5.69. The summed E-state index contributed by atoms with van der Waals surface area (Å²) in [5.41, 5.74) is 0.801. The van der Waals surface area contributed by atoms with Crippen molar-refractivity contribution in [2.45, 2.75) is 19.0 Å². The van der Waals surface area contributed by atoms with Crippen molar-refractivity contribution in [1.82, 2.24) is 14.8 Å². The lowest BCUT2D eigenvalue weighted by atomic mass is 10.2. The number of carbonyl (C=O) groups excluding carboxylic acids is 1. The number of aromatic nitrogens is 3. The Balaban J connectivity index is 2.19. The van der Waals surface area contributed by atoms with Gasteiger partial charge in [-0.25, -0.2) is 0 Å². The predicted molar refractivity (Wildman–Crippen MR) is 71.8 cm³/mol. The van der Waals surface area contributed by atoms with Crippen molar-refractivity contribution < 1.29 is 22.7 Å². The third-order valence-corrected chi connectivity index (χ3v) is 3.10. The zero-order valence-corrected chi connectivity index (χ0v) is 12.0. The Labute approximate surface area is 124 Å². The van der Waals surface area contributed by atoms with E-state index in [0.717, 1.165) is 12.3 Å². The molecule has 5 nitrogen and oxygen atoms in total. The van der Waals surface area contributed by atoms with E-state index in [1.807, 2.05) is 0 Å². The predicted octanol–water partition coefficient (Wildman–Crippen LogP) is 2.61. The second-order valence-electron chi connectivity index (χ2n) is 4.65. The van der Waals surface area contributed by atoms with Crippen molar-refractivity contribution in [2.24, 2.45) is 7.05 Å². The number of ether oxygens (including phenoxy) is 1. The largest absolute Gasteiger partial charge is 0.469 e. The van der Waals surface area contributed by atoms with Crippen LogP contribution in [0.15, 0.2) is 24.4 Å². The Morgan fingerprint density at radius 1 is 1.36 bits per heavy atom. The van der Waals surface area contributed by atoms with E-state index in [2.05, 4.69) is 14.8 Å². The second-order valence-corrected chi connectivity index (χ2v) is 4.65. The van der Waals surface area contributed by atoms with Gasteiger partial charge in [-0.05, 0) is 18.2 Å². The molecule has 2 heterocycles. The van der Waals surface area contributed by atoms with E-state index in [1.165, 1.54) is 17.9 Å². The summed E-state index contributed by atoms with van der Waals surface area (Å²) in [7, 11) is 2.97. The number of aryl methyl sites for hydroxylation is 2. The Kier molecular flexibility index (Phi) is 4.48. The second kappa shape index (κ2) is 6.17. The third kappa shape index (κ3) is 3.63. The molecule has 0 bridgehead atoms. The fourth-order valence-corrected chi connectivity index (χ4v) is 1.93. The number of hydrogen-bond acceptors (Lipinski definition) is 4. The molecule has 0 aromatic carbocycles. The van der Waals surface area contributed by atoms with Crippen LogP contribution in [0.25, 0.3) is 11.4 Å². The van der Waals surface area contributed by atoms with Gasteiger partial charge in [-0.2, -0.15) is 18.3 Å². The van der Waals surface area contributed by atoms with Crippen LogP contribution in [0.4, 0.5) is 13.2 Å². The molecule has 0 radical (unpaired) electrons. The molecule has 8 heteroatoms. The number of esters is 1. The van der Waals surface area contributed by atoms with Crippen LogP contribution >= 0.6 is 0 Å². The maximum absolute atomic E-state index is 12.5. The van der Waals surface area contributed by atoms with Gasteiger partial charge in [-0.15, -0.1) is 0 Å². The lowest BCUT2D eigenvalue weighted by molar-refractivity contribution is -0.140. The van der Waals surface area contributed by atoms with Gasteiger partial charge in [0.25, 0.3) is 0 Å². The summed E-state index contributed by atoms with van der Waals surface area (Å²) < 4.78 is 43.6. The number of methoxy groups -OCH3 is 1. The molecule has 2 aromatic heterocycles. The van der Waals surface area contributed by atoms with Crippen LogP contribution in [0.1, 0.15) is 17.7 Å². The minimum atomic E-state index is -4.41. The van der Waals surface area contributed by atoms with Crippen molar-refractivity contribution in [1.29, 1.82) is 0 Å². The summed E-state index contributed by atoms with van der Waals surface area (Å²) >= 11 is 0. The van der Waals surface area contributed by atoms with Crippen LogP contribution in [0.3, 0.4) is 0 Å². The number of nitrogens with zero attached hydrogens (tertiary/aromatic N) is 3. The SMILES string of the molecule is COC(=O)CCc1cc(-c2ccc(C(F)(F)F)cn2)n(C)n1. The fraction of sp³-hybridized carbons (Fsp3) is 0.357. The molecule has 0 aliphatic carbocycles. The van der Waals surface area contributed by atoms with Gasteiger partial charge in [-0.1, -0.05) is 0 Å². The minimum absolute atomic E-state index is 0.188. The molecule has 118 valence electrons. The number of rotatable bonds is 4. The average molecular weight is 313 g/mol. The van der Waals surface area contributed by atoms with E-state index in [9.17, 15) is 18.0 Å². The molecule has 0 amide bonds. The van der Waals surface area contributed by atoms with Crippen LogP contribution in [0.5, 0.6) is 0 Å². The van der Waals surface area contributed by atoms with Crippen molar-refractivity contribution >= 4 is 5.97 Å².